The number of rotatable bonds is 0. The summed E-state index contributed by atoms with van der Waals surface area (Å²) in [5.74, 6) is 0. The number of hydrogen-bond donors (Lipinski definition) is 2. The molecule has 0 saturated heterocycles. The highest BCUT2D eigenvalue weighted by molar-refractivity contribution is 9.10. The smallest absolute Gasteiger partial charge is 0.0813 e. The summed E-state index contributed by atoms with van der Waals surface area (Å²) >= 11 is 3.54. The lowest BCUT2D eigenvalue weighted by Crippen LogP contribution is -1.96. The van der Waals surface area contributed by atoms with Gasteiger partial charge in [-0.25, -0.2) is 0 Å². The number of aromatic amines is 1. The number of nitrogens with one attached hydrogen (secondary N) is 1. The second kappa shape index (κ2) is 4.14. The molecule has 1 aromatic heterocycles. The molecule has 3 rings (SSSR count). The van der Waals surface area contributed by atoms with E-state index in [2.05, 4.69) is 40.0 Å². The van der Waals surface area contributed by atoms with Crippen LogP contribution in [-0.2, 0) is 6.42 Å². The van der Waals surface area contributed by atoms with Gasteiger partial charge in [0.15, 0.2) is 0 Å². The van der Waals surface area contributed by atoms with Crippen LogP contribution in [-0.4, -0.2) is 10.1 Å². The standard InChI is InChI=1S/C14H16BrNO/c1-8-6-9(15)7-10-13-11(16-14(8)10)4-2-3-5-12(13)17/h6-7,12,16-17H,2-5H2,1H3. The van der Waals surface area contributed by atoms with Gasteiger partial charge in [0.1, 0.15) is 0 Å². The van der Waals surface area contributed by atoms with E-state index in [1.807, 2.05) is 0 Å². The SMILES string of the molecule is Cc1cc(Br)cc2c3c([nH]c12)CCCCC3O. The first-order chi connectivity index (χ1) is 8.16. The van der Waals surface area contributed by atoms with Crippen molar-refractivity contribution in [2.45, 2.75) is 38.7 Å². The first-order valence-corrected chi connectivity index (χ1v) is 6.95. The molecule has 0 aliphatic heterocycles. The molecule has 0 bridgehead atoms. The predicted molar refractivity (Wildman–Crippen MR) is 73.3 cm³/mol. The molecule has 90 valence electrons. The van der Waals surface area contributed by atoms with Crippen molar-refractivity contribution in [3.05, 3.63) is 33.4 Å². The van der Waals surface area contributed by atoms with Gasteiger partial charge in [0, 0.05) is 26.6 Å². The Labute approximate surface area is 109 Å². The highest BCUT2D eigenvalue weighted by atomic mass is 79.9. The van der Waals surface area contributed by atoms with Crippen LogP contribution in [0.4, 0.5) is 0 Å². The minimum Gasteiger partial charge on any atom is -0.388 e. The van der Waals surface area contributed by atoms with Crippen LogP contribution in [0.2, 0.25) is 0 Å². The van der Waals surface area contributed by atoms with Gasteiger partial charge in [-0.1, -0.05) is 22.4 Å². The Morgan fingerprint density at radius 3 is 3.00 bits per heavy atom. The largest absolute Gasteiger partial charge is 0.388 e. The second-order valence-electron chi connectivity index (χ2n) is 4.92. The van der Waals surface area contributed by atoms with E-state index in [0.717, 1.165) is 35.7 Å². The molecule has 1 heterocycles. The average Bonchev–Trinajstić information content (AvgIpc) is 2.53. The number of aromatic nitrogens is 1. The summed E-state index contributed by atoms with van der Waals surface area (Å²) < 4.78 is 1.08. The highest BCUT2D eigenvalue weighted by Crippen LogP contribution is 2.36. The molecule has 0 spiro atoms. The minimum absolute atomic E-state index is 0.310. The summed E-state index contributed by atoms with van der Waals surface area (Å²) in [7, 11) is 0. The normalized spacial score (nSPS) is 20.3. The maximum Gasteiger partial charge on any atom is 0.0813 e. The zero-order valence-corrected chi connectivity index (χ0v) is 11.5. The van der Waals surface area contributed by atoms with Crippen LogP contribution in [0.1, 0.15) is 42.2 Å². The molecule has 1 aliphatic rings. The first kappa shape index (κ1) is 11.3. The second-order valence-corrected chi connectivity index (χ2v) is 5.84. The summed E-state index contributed by atoms with van der Waals surface area (Å²) in [5, 5.41) is 11.5. The number of halogens is 1. The number of aliphatic hydroxyl groups excluding tert-OH is 1. The Balaban J connectivity index is 2.32. The Bertz CT molecular complexity index is 573. The Hall–Kier alpha value is -0.800. The number of aryl methyl sites for hydroxylation is 2. The Morgan fingerprint density at radius 2 is 2.18 bits per heavy atom. The third-order valence-electron chi connectivity index (χ3n) is 3.68. The van der Waals surface area contributed by atoms with E-state index in [0.29, 0.717) is 0 Å². The molecule has 2 N–H and O–H groups in total. The van der Waals surface area contributed by atoms with Crippen LogP contribution < -0.4 is 0 Å². The average molecular weight is 294 g/mol. The molecule has 0 saturated carbocycles. The van der Waals surface area contributed by atoms with Crippen LogP contribution in [0.5, 0.6) is 0 Å². The molecule has 1 aromatic carbocycles. The minimum atomic E-state index is -0.310. The van der Waals surface area contributed by atoms with Crippen molar-refractivity contribution in [2.24, 2.45) is 0 Å². The van der Waals surface area contributed by atoms with Crippen LogP contribution >= 0.6 is 15.9 Å². The van der Waals surface area contributed by atoms with Crippen LogP contribution in [0, 0.1) is 6.92 Å². The van der Waals surface area contributed by atoms with Gasteiger partial charge in [0.25, 0.3) is 0 Å². The topological polar surface area (TPSA) is 36.0 Å². The lowest BCUT2D eigenvalue weighted by Gasteiger charge is -2.08. The molecule has 0 fully saturated rings. The maximum absolute atomic E-state index is 10.3. The van der Waals surface area contributed by atoms with E-state index in [-0.39, 0.29) is 6.10 Å². The van der Waals surface area contributed by atoms with E-state index in [1.54, 1.807) is 0 Å². The molecule has 1 unspecified atom stereocenters. The van der Waals surface area contributed by atoms with Gasteiger partial charge >= 0.3 is 0 Å². The summed E-state index contributed by atoms with van der Waals surface area (Å²) in [6, 6.07) is 4.23. The summed E-state index contributed by atoms with van der Waals surface area (Å²) in [4.78, 5) is 3.50. The van der Waals surface area contributed by atoms with E-state index in [1.165, 1.54) is 22.2 Å². The monoisotopic (exact) mass is 293 g/mol. The van der Waals surface area contributed by atoms with Crippen molar-refractivity contribution in [2.75, 3.05) is 0 Å². The number of aliphatic hydroxyl groups is 1. The lowest BCUT2D eigenvalue weighted by atomic mass is 10.0. The third-order valence-corrected chi connectivity index (χ3v) is 4.14. The zero-order chi connectivity index (χ0) is 12.0. The van der Waals surface area contributed by atoms with Gasteiger partial charge in [0.2, 0.25) is 0 Å². The summed E-state index contributed by atoms with van der Waals surface area (Å²) in [6.45, 7) is 2.11. The number of H-pyrrole nitrogens is 1. The van der Waals surface area contributed by atoms with Crippen molar-refractivity contribution in [1.29, 1.82) is 0 Å². The quantitative estimate of drug-likeness (QED) is 0.708. The van der Waals surface area contributed by atoms with E-state index >= 15 is 0 Å². The molecular weight excluding hydrogens is 278 g/mol. The fraction of sp³-hybridized carbons (Fsp3) is 0.429. The van der Waals surface area contributed by atoms with E-state index < -0.39 is 0 Å². The summed E-state index contributed by atoms with van der Waals surface area (Å²) in [6.07, 6.45) is 3.90. The fourth-order valence-corrected chi connectivity index (χ4v) is 3.44. The lowest BCUT2D eigenvalue weighted by molar-refractivity contribution is 0.168. The molecule has 3 heteroatoms. The van der Waals surface area contributed by atoms with Crippen molar-refractivity contribution >= 4 is 26.8 Å². The number of hydrogen-bond acceptors (Lipinski definition) is 1. The van der Waals surface area contributed by atoms with Gasteiger partial charge < -0.3 is 10.1 Å². The van der Waals surface area contributed by atoms with Crippen molar-refractivity contribution in [3.63, 3.8) is 0 Å². The van der Waals surface area contributed by atoms with Crippen LogP contribution in [0.15, 0.2) is 16.6 Å². The first-order valence-electron chi connectivity index (χ1n) is 6.15. The van der Waals surface area contributed by atoms with Gasteiger partial charge in [-0.05, 0) is 43.9 Å². The van der Waals surface area contributed by atoms with E-state index in [9.17, 15) is 5.11 Å². The third kappa shape index (κ3) is 1.81. The Morgan fingerprint density at radius 1 is 1.35 bits per heavy atom. The molecule has 1 atom stereocenters. The van der Waals surface area contributed by atoms with Crippen molar-refractivity contribution in [1.82, 2.24) is 4.98 Å². The van der Waals surface area contributed by atoms with Crippen molar-refractivity contribution < 1.29 is 5.11 Å². The van der Waals surface area contributed by atoms with Crippen molar-refractivity contribution in [3.8, 4) is 0 Å². The number of fused-ring (bicyclic) bond motifs is 3. The maximum atomic E-state index is 10.3. The highest BCUT2D eigenvalue weighted by Gasteiger charge is 2.22. The summed E-state index contributed by atoms with van der Waals surface area (Å²) in [5.41, 5.74) is 4.77. The fourth-order valence-electron chi connectivity index (χ4n) is 2.86. The zero-order valence-electron chi connectivity index (χ0n) is 9.89. The Kier molecular flexibility index (Phi) is 2.75. The van der Waals surface area contributed by atoms with Gasteiger partial charge in [-0.2, -0.15) is 0 Å². The van der Waals surface area contributed by atoms with Gasteiger partial charge in [0.05, 0.1) is 6.10 Å². The van der Waals surface area contributed by atoms with Crippen LogP contribution in [0.25, 0.3) is 10.9 Å². The predicted octanol–water partition coefficient (Wildman–Crippen LogP) is 4.00. The van der Waals surface area contributed by atoms with Gasteiger partial charge in [-0.3, -0.25) is 0 Å². The molecule has 2 aromatic rings. The van der Waals surface area contributed by atoms with E-state index in [4.69, 9.17) is 0 Å². The van der Waals surface area contributed by atoms with Crippen LogP contribution in [0.3, 0.4) is 0 Å². The molecular formula is C14H16BrNO. The molecule has 1 aliphatic carbocycles. The number of benzene rings is 1. The molecule has 0 amide bonds. The molecule has 17 heavy (non-hydrogen) atoms. The van der Waals surface area contributed by atoms with Gasteiger partial charge in [-0.15, -0.1) is 0 Å². The molecule has 0 radical (unpaired) electrons. The molecule has 2 nitrogen and oxygen atoms in total.